The number of nitrogens with one attached hydrogen (secondary N) is 1. The molecule has 2 heterocycles. The first-order chi connectivity index (χ1) is 8.33. The van der Waals surface area contributed by atoms with E-state index in [0.717, 1.165) is 30.8 Å². The number of H-pyrrole nitrogens is 1. The van der Waals surface area contributed by atoms with Crippen molar-refractivity contribution < 1.29 is 4.39 Å². The zero-order valence-electron chi connectivity index (χ0n) is 9.88. The molecule has 0 bridgehead atoms. The van der Waals surface area contributed by atoms with Crippen LogP contribution in [0.2, 0.25) is 0 Å². The van der Waals surface area contributed by atoms with Gasteiger partial charge in [-0.2, -0.15) is 0 Å². The zero-order valence-corrected chi connectivity index (χ0v) is 9.88. The second kappa shape index (κ2) is 4.49. The summed E-state index contributed by atoms with van der Waals surface area (Å²) in [5, 5.41) is 0.708. The fourth-order valence-electron chi connectivity index (χ4n) is 2.62. The van der Waals surface area contributed by atoms with Gasteiger partial charge in [0.1, 0.15) is 5.82 Å². The number of hydrogen-bond donors (Lipinski definition) is 1. The van der Waals surface area contributed by atoms with Crippen LogP contribution in [0.5, 0.6) is 0 Å². The van der Waals surface area contributed by atoms with Gasteiger partial charge in [-0.05, 0) is 44.1 Å². The molecule has 1 aliphatic rings. The average molecular weight is 232 g/mol. The van der Waals surface area contributed by atoms with Crippen LogP contribution in [0, 0.1) is 5.82 Å². The molecule has 0 amide bonds. The van der Waals surface area contributed by atoms with Gasteiger partial charge in [-0.3, -0.25) is 4.90 Å². The van der Waals surface area contributed by atoms with Crippen LogP contribution in [0.15, 0.2) is 24.3 Å². The fraction of sp³-hybridized carbons (Fsp3) is 0.429. The summed E-state index contributed by atoms with van der Waals surface area (Å²) < 4.78 is 13.5. The summed E-state index contributed by atoms with van der Waals surface area (Å²) in [5.74, 6) is -0.136. The van der Waals surface area contributed by atoms with E-state index in [1.807, 2.05) is 12.1 Å². The van der Waals surface area contributed by atoms with Crippen molar-refractivity contribution in [3.8, 4) is 0 Å². The Morgan fingerprint density at radius 3 is 2.76 bits per heavy atom. The number of fused-ring (bicyclic) bond motifs is 1. The van der Waals surface area contributed by atoms with Crippen molar-refractivity contribution in [2.45, 2.75) is 25.8 Å². The van der Waals surface area contributed by atoms with E-state index < -0.39 is 0 Å². The van der Waals surface area contributed by atoms with Crippen LogP contribution in [0.4, 0.5) is 4.39 Å². The van der Waals surface area contributed by atoms with E-state index in [2.05, 4.69) is 9.88 Å². The van der Waals surface area contributed by atoms with Crippen molar-refractivity contribution >= 4 is 10.9 Å². The molecule has 0 atom stereocenters. The van der Waals surface area contributed by atoms with E-state index in [1.165, 1.54) is 25.3 Å². The highest BCUT2D eigenvalue weighted by atomic mass is 19.1. The Morgan fingerprint density at radius 2 is 2.00 bits per heavy atom. The lowest BCUT2D eigenvalue weighted by Crippen LogP contribution is -2.29. The Kier molecular flexibility index (Phi) is 2.85. The third-order valence-electron chi connectivity index (χ3n) is 3.51. The number of benzene rings is 1. The van der Waals surface area contributed by atoms with Crippen LogP contribution >= 0.6 is 0 Å². The third kappa shape index (κ3) is 2.20. The summed E-state index contributed by atoms with van der Waals surface area (Å²) in [7, 11) is 0. The molecule has 1 saturated heterocycles. The van der Waals surface area contributed by atoms with Gasteiger partial charge in [-0.1, -0.05) is 12.5 Å². The molecule has 0 saturated carbocycles. The topological polar surface area (TPSA) is 19.0 Å². The molecule has 1 aromatic heterocycles. The predicted molar refractivity (Wildman–Crippen MR) is 67.4 cm³/mol. The highest BCUT2D eigenvalue weighted by Crippen LogP contribution is 2.20. The van der Waals surface area contributed by atoms with Crippen LogP contribution in [-0.2, 0) is 6.54 Å². The normalized spacial score (nSPS) is 17.7. The van der Waals surface area contributed by atoms with E-state index in [1.54, 1.807) is 6.07 Å². The Labute approximate surface area is 100 Å². The fourth-order valence-corrected chi connectivity index (χ4v) is 2.62. The van der Waals surface area contributed by atoms with Gasteiger partial charge in [0.15, 0.2) is 0 Å². The molecule has 0 radical (unpaired) electrons. The Balaban J connectivity index is 1.83. The van der Waals surface area contributed by atoms with E-state index in [0.29, 0.717) is 5.39 Å². The van der Waals surface area contributed by atoms with Crippen LogP contribution in [0.3, 0.4) is 0 Å². The van der Waals surface area contributed by atoms with Crippen molar-refractivity contribution in [1.29, 1.82) is 0 Å². The maximum absolute atomic E-state index is 13.5. The molecule has 3 heteroatoms. The summed E-state index contributed by atoms with van der Waals surface area (Å²) in [5.41, 5.74) is 2.02. The van der Waals surface area contributed by atoms with Gasteiger partial charge < -0.3 is 4.98 Å². The molecule has 2 nitrogen and oxygen atoms in total. The van der Waals surface area contributed by atoms with Gasteiger partial charge in [-0.15, -0.1) is 0 Å². The van der Waals surface area contributed by atoms with Crippen LogP contribution in [-0.4, -0.2) is 23.0 Å². The van der Waals surface area contributed by atoms with E-state index >= 15 is 0 Å². The molecule has 1 aliphatic heterocycles. The lowest BCUT2D eigenvalue weighted by atomic mass is 10.1. The minimum absolute atomic E-state index is 0.136. The smallest absolute Gasteiger partial charge is 0.132 e. The van der Waals surface area contributed by atoms with Gasteiger partial charge >= 0.3 is 0 Å². The van der Waals surface area contributed by atoms with Gasteiger partial charge in [0.2, 0.25) is 0 Å². The minimum Gasteiger partial charge on any atom is -0.357 e. The standard InChI is InChI=1S/C14H17FN2/c15-13-5-4-6-14-12(13)9-11(16-14)10-17-7-2-1-3-8-17/h4-6,9,16H,1-3,7-8,10H2. The maximum atomic E-state index is 13.5. The SMILES string of the molecule is Fc1cccc2[nH]c(CN3CCCCC3)cc12. The summed E-state index contributed by atoms with van der Waals surface area (Å²) in [4.78, 5) is 5.74. The van der Waals surface area contributed by atoms with Gasteiger partial charge in [0, 0.05) is 23.1 Å². The number of rotatable bonds is 2. The van der Waals surface area contributed by atoms with Gasteiger partial charge in [0.05, 0.1) is 0 Å². The lowest BCUT2D eigenvalue weighted by Gasteiger charge is -2.25. The monoisotopic (exact) mass is 232 g/mol. The number of nitrogens with zero attached hydrogens (tertiary/aromatic N) is 1. The number of piperidine rings is 1. The van der Waals surface area contributed by atoms with E-state index in [-0.39, 0.29) is 5.82 Å². The molecule has 17 heavy (non-hydrogen) atoms. The van der Waals surface area contributed by atoms with Crippen LogP contribution in [0.25, 0.3) is 10.9 Å². The van der Waals surface area contributed by atoms with Crippen molar-refractivity contribution in [2.24, 2.45) is 0 Å². The van der Waals surface area contributed by atoms with Crippen molar-refractivity contribution in [2.75, 3.05) is 13.1 Å². The van der Waals surface area contributed by atoms with E-state index in [9.17, 15) is 4.39 Å². The van der Waals surface area contributed by atoms with Crippen molar-refractivity contribution in [3.63, 3.8) is 0 Å². The summed E-state index contributed by atoms with van der Waals surface area (Å²) >= 11 is 0. The Morgan fingerprint density at radius 1 is 1.18 bits per heavy atom. The molecule has 1 aromatic carbocycles. The minimum atomic E-state index is -0.136. The Bertz CT molecular complexity index is 512. The number of halogens is 1. The maximum Gasteiger partial charge on any atom is 0.132 e. The summed E-state index contributed by atoms with van der Waals surface area (Å²) in [6, 6.07) is 7.14. The molecular formula is C14H17FN2. The first-order valence-corrected chi connectivity index (χ1v) is 6.31. The first-order valence-electron chi connectivity index (χ1n) is 6.31. The quantitative estimate of drug-likeness (QED) is 0.841. The van der Waals surface area contributed by atoms with Crippen LogP contribution in [0.1, 0.15) is 25.0 Å². The average Bonchev–Trinajstić information content (AvgIpc) is 2.74. The molecule has 3 rings (SSSR count). The molecule has 0 aliphatic carbocycles. The zero-order chi connectivity index (χ0) is 11.7. The molecule has 1 N–H and O–H groups in total. The number of likely N-dealkylation sites (tertiary alicyclic amines) is 1. The predicted octanol–water partition coefficient (Wildman–Crippen LogP) is 3.29. The van der Waals surface area contributed by atoms with E-state index in [4.69, 9.17) is 0 Å². The lowest BCUT2D eigenvalue weighted by molar-refractivity contribution is 0.219. The highest BCUT2D eigenvalue weighted by molar-refractivity contribution is 5.80. The van der Waals surface area contributed by atoms with Crippen LogP contribution < -0.4 is 0 Å². The number of hydrogen-bond acceptors (Lipinski definition) is 1. The van der Waals surface area contributed by atoms with Crippen molar-refractivity contribution in [1.82, 2.24) is 9.88 Å². The Hall–Kier alpha value is -1.35. The van der Waals surface area contributed by atoms with Gasteiger partial charge in [0.25, 0.3) is 0 Å². The molecule has 1 fully saturated rings. The van der Waals surface area contributed by atoms with Crippen molar-refractivity contribution in [3.05, 3.63) is 35.8 Å². The van der Waals surface area contributed by atoms with Gasteiger partial charge in [-0.25, -0.2) is 4.39 Å². The molecule has 2 aromatic rings. The molecule has 90 valence electrons. The number of aromatic nitrogens is 1. The second-order valence-corrected chi connectivity index (χ2v) is 4.83. The molecule has 0 unspecified atom stereocenters. The second-order valence-electron chi connectivity index (χ2n) is 4.83. The number of aromatic amines is 1. The third-order valence-corrected chi connectivity index (χ3v) is 3.51. The molecular weight excluding hydrogens is 215 g/mol. The summed E-state index contributed by atoms with van der Waals surface area (Å²) in [6.07, 6.45) is 3.92. The highest BCUT2D eigenvalue weighted by Gasteiger charge is 2.12. The summed E-state index contributed by atoms with van der Waals surface area (Å²) in [6.45, 7) is 3.24. The molecule has 0 spiro atoms. The first kappa shape index (κ1) is 10.8. The largest absolute Gasteiger partial charge is 0.357 e.